The molecule has 0 aromatic carbocycles. The first-order chi connectivity index (χ1) is 9.37. The minimum atomic E-state index is -0.456. The summed E-state index contributed by atoms with van der Waals surface area (Å²) in [6.07, 6.45) is 3.21. The highest BCUT2D eigenvalue weighted by atomic mass is 16.6. The van der Waals surface area contributed by atoms with Crippen molar-refractivity contribution in [3.05, 3.63) is 0 Å². The summed E-state index contributed by atoms with van der Waals surface area (Å²) in [6, 6.07) is 0.336. The van der Waals surface area contributed by atoms with E-state index in [1.807, 2.05) is 27.7 Å². The number of rotatable bonds is 5. The van der Waals surface area contributed by atoms with Gasteiger partial charge in [0.25, 0.3) is 0 Å². The molecule has 0 aromatic rings. The molecular formula is C15H30N2O3. The number of ether oxygens (including phenoxy) is 1. The van der Waals surface area contributed by atoms with Crippen LogP contribution in [0.1, 0.15) is 47.0 Å². The Morgan fingerprint density at radius 1 is 1.40 bits per heavy atom. The minimum Gasteiger partial charge on any atom is -0.444 e. The normalized spacial score (nSPS) is 20.8. The van der Waals surface area contributed by atoms with Crippen molar-refractivity contribution in [2.45, 2.75) is 58.6 Å². The molecule has 1 amide bonds. The van der Waals surface area contributed by atoms with E-state index in [1.54, 1.807) is 4.90 Å². The van der Waals surface area contributed by atoms with Crippen molar-refractivity contribution in [2.75, 3.05) is 32.8 Å². The molecule has 0 bridgehead atoms. The fraction of sp³-hybridized carbons (Fsp3) is 0.933. The van der Waals surface area contributed by atoms with Crippen molar-refractivity contribution in [3.8, 4) is 0 Å². The predicted molar refractivity (Wildman–Crippen MR) is 79.8 cm³/mol. The molecule has 1 atom stereocenters. The van der Waals surface area contributed by atoms with Crippen molar-refractivity contribution in [3.63, 3.8) is 0 Å². The molecule has 1 heterocycles. The van der Waals surface area contributed by atoms with Gasteiger partial charge in [-0.15, -0.1) is 0 Å². The third kappa shape index (κ3) is 5.67. The van der Waals surface area contributed by atoms with Crippen molar-refractivity contribution in [1.82, 2.24) is 9.80 Å². The Morgan fingerprint density at radius 2 is 2.10 bits per heavy atom. The molecule has 0 saturated carbocycles. The van der Waals surface area contributed by atoms with Gasteiger partial charge in [0.1, 0.15) is 5.60 Å². The summed E-state index contributed by atoms with van der Waals surface area (Å²) in [4.78, 5) is 16.2. The van der Waals surface area contributed by atoms with E-state index in [9.17, 15) is 4.79 Å². The number of β-amino-alcohol motifs (C(OH)–C–C–N with tert-alkyl or cyclic N) is 1. The van der Waals surface area contributed by atoms with Gasteiger partial charge in [0, 0.05) is 25.7 Å². The van der Waals surface area contributed by atoms with Gasteiger partial charge in [0.15, 0.2) is 0 Å². The Bertz CT molecular complexity index is 300. The number of amides is 1. The van der Waals surface area contributed by atoms with Gasteiger partial charge in [-0.2, -0.15) is 0 Å². The summed E-state index contributed by atoms with van der Waals surface area (Å²) >= 11 is 0. The highest BCUT2D eigenvalue weighted by molar-refractivity contribution is 5.68. The van der Waals surface area contributed by atoms with Crippen molar-refractivity contribution in [1.29, 1.82) is 0 Å². The van der Waals surface area contributed by atoms with Gasteiger partial charge in [0.2, 0.25) is 0 Å². The Labute approximate surface area is 122 Å². The van der Waals surface area contributed by atoms with Crippen LogP contribution < -0.4 is 0 Å². The van der Waals surface area contributed by atoms with E-state index in [0.29, 0.717) is 25.7 Å². The molecule has 1 N–H and O–H groups in total. The van der Waals surface area contributed by atoms with Crippen molar-refractivity contribution in [2.24, 2.45) is 0 Å². The Kier molecular flexibility index (Phi) is 6.76. The average molecular weight is 286 g/mol. The molecule has 0 aliphatic carbocycles. The lowest BCUT2D eigenvalue weighted by Gasteiger charge is -2.38. The number of hydrogen-bond acceptors (Lipinski definition) is 4. The highest BCUT2D eigenvalue weighted by Crippen LogP contribution is 2.19. The second-order valence-corrected chi connectivity index (χ2v) is 6.43. The fourth-order valence-corrected chi connectivity index (χ4v) is 2.60. The van der Waals surface area contributed by atoms with Gasteiger partial charge in [0.05, 0.1) is 6.61 Å². The van der Waals surface area contributed by atoms with Crippen LogP contribution in [0.4, 0.5) is 4.79 Å². The number of aliphatic hydroxyl groups is 1. The Morgan fingerprint density at radius 3 is 2.65 bits per heavy atom. The van der Waals surface area contributed by atoms with Gasteiger partial charge in [-0.05, 0) is 47.1 Å². The van der Waals surface area contributed by atoms with Crippen LogP contribution in [0.25, 0.3) is 0 Å². The van der Waals surface area contributed by atoms with E-state index in [4.69, 9.17) is 9.84 Å². The van der Waals surface area contributed by atoms with Crippen LogP contribution in [0.5, 0.6) is 0 Å². The smallest absolute Gasteiger partial charge is 0.410 e. The summed E-state index contributed by atoms with van der Waals surface area (Å²) in [5.41, 5.74) is -0.456. The summed E-state index contributed by atoms with van der Waals surface area (Å²) < 4.78 is 5.45. The Hall–Kier alpha value is -0.810. The van der Waals surface area contributed by atoms with E-state index >= 15 is 0 Å². The molecule has 1 rings (SSSR count). The Balaban J connectivity index is 2.59. The standard InChI is InChI=1S/C15H30N2O3/c1-5-16(14(19)20-15(2,3)4)12-13-8-6-7-9-17(13)10-11-18/h13,18H,5-12H2,1-4H3/t13-/m0/s1. The number of carbonyl (C=O) groups excluding carboxylic acids is 1. The molecule has 0 spiro atoms. The number of nitrogens with zero attached hydrogens (tertiary/aromatic N) is 2. The van der Waals surface area contributed by atoms with Crippen LogP contribution in [-0.2, 0) is 4.74 Å². The fourth-order valence-electron chi connectivity index (χ4n) is 2.60. The van der Waals surface area contributed by atoms with Gasteiger partial charge >= 0.3 is 6.09 Å². The van der Waals surface area contributed by atoms with E-state index in [-0.39, 0.29) is 12.7 Å². The lowest BCUT2D eigenvalue weighted by atomic mass is 10.0. The van der Waals surface area contributed by atoms with Gasteiger partial charge < -0.3 is 14.7 Å². The zero-order valence-electron chi connectivity index (χ0n) is 13.4. The van der Waals surface area contributed by atoms with E-state index in [1.165, 1.54) is 12.8 Å². The van der Waals surface area contributed by atoms with E-state index < -0.39 is 5.60 Å². The van der Waals surface area contributed by atoms with Crippen LogP contribution in [0.15, 0.2) is 0 Å². The maximum Gasteiger partial charge on any atom is 0.410 e. The molecule has 1 aliphatic heterocycles. The quantitative estimate of drug-likeness (QED) is 0.841. The van der Waals surface area contributed by atoms with Crippen LogP contribution in [0.2, 0.25) is 0 Å². The molecule has 0 unspecified atom stereocenters. The largest absolute Gasteiger partial charge is 0.444 e. The molecule has 5 heteroatoms. The second-order valence-electron chi connectivity index (χ2n) is 6.43. The highest BCUT2D eigenvalue weighted by Gasteiger charge is 2.27. The third-order valence-corrected chi connectivity index (χ3v) is 3.60. The van der Waals surface area contributed by atoms with Crippen molar-refractivity contribution < 1.29 is 14.6 Å². The first-order valence-electron chi connectivity index (χ1n) is 7.70. The molecule has 0 aromatic heterocycles. The average Bonchev–Trinajstić information content (AvgIpc) is 2.35. The zero-order valence-corrected chi connectivity index (χ0v) is 13.4. The van der Waals surface area contributed by atoms with E-state index in [0.717, 1.165) is 13.0 Å². The van der Waals surface area contributed by atoms with Crippen LogP contribution >= 0.6 is 0 Å². The molecule has 1 aliphatic rings. The van der Waals surface area contributed by atoms with Crippen LogP contribution in [0, 0.1) is 0 Å². The summed E-state index contributed by atoms with van der Waals surface area (Å²) in [5.74, 6) is 0. The lowest BCUT2D eigenvalue weighted by molar-refractivity contribution is 0.0159. The molecule has 1 saturated heterocycles. The molecular weight excluding hydrogens is 256 g/mol. The first-order valence-corrected chi connectivity index (χ1v) is 7.70. The number of piperidine rings is 1. The summed E-state index contributed by atoms with van der Waals surface area (Å²) in [5, 5.41) is 9.14. The van der Waals surface area contributed by atoms with Gasteiger partial charge in [-0.1, -0.05) is 6.42 Å². The van der Waals surface area contributed by atoms with Crippen LogP contribution in [-0.4, -0.2) is 65.4 Å². The molecule has 20 heavy (non-hydrogen) atoms. The number of likely N-dealkylation sites (N-methyl/N-ethyl adjacent to an activating group) is 1. The molecule has 118 valence electrons. The molecule has 0 radical (unpaired) electrons. The maximum absolute atomic E-state index is 12.2. The maximum atomic E-state index is 12.2. The summed E-state index contributed by atoms with van der Waals surface area (Å²) in [7, 11) is 0. The predicted octanol–water partition coefficient (Wildman–Crippen LogP) is 2.09. The zero-order chi connectivity index (χ0) is 15.2. The molecule has 1 fully saturated rings. The number of hydrogen-bond donors (Lipinski definition) is 1. The van der Waals surface area contributed by atoms with Gasteiger partial charge in [-0.25, -0.2) is 4.79 Å². The SMILES string of the molecule is CCN(C[C@@H]1CCCCN1CCO)C(=O)OC(C)(C)C. The second kappa shape index (κ2) is 7.84. The number of aliphatic hydroxyl groups excluding tert-OH is 1. The lowest BCUT2D eigenvalue weighted by Crippen LogP contribution is -2.49. The van der Waals surface area contributed by atoms with Crippen molar-refractivity contribution >= 4 is 6.09 Å². The van der Waals surface area contributed by atoms with Gasteiger partial charge in [-0.3, -0.25) is 4.90 Å². The monoisotopic (exact) mass is 286 g/mol. The van der Waals surface area contributed by atoms with E-state index in [2.05, 4.69) is 4.90 Å². The number of carbonyl (C=O) groups is 1. The van der Waals surface area contributed by atoms with Crippen LogP contribution in [0.3, 0.4) is 0 Å². The minimum absolute atomic E-state index is 0.176. The first kappa shape index (κ1) is 17.2. The molecule has 5 nitrogen and oxygen atoms in total. The third-order valence-electron chi connectivity index (χ3n) is 3.60. The summed E-state index contributed by atoms with van der Waals surface area (Å²) in [6.45, 7) is 10.8. The topological polar surface area (TPSA) is 53.0 Å². The number of likely N-dealkylation sites (tertiary alicyclic amines) is 1.